The topological polar surface area (TPSA) is 119 Å². The summed E-state index contributed by atoms with van der Waals surface area (Å²) in [6.07, 6.45) is -6.06. The van der Waals surface area contributed by atoms with Crippen molar-refractivity contribution in [1.29, 1.82) is 0 Å². The minimum Gasteiger partial charge on any atom is -0.484 e. The Kier molecular flexibility index (Phi) is 7.65. The average Bonchev–Trinajstić information content (AvgIpc) is 3.16. The predicted molar refractivity (Wildman–Crippen MR) is 123 cm³/mol. The fourth-order valence-electron chi connectivity index (χ4n) is 3.77. The molecule has 0 aliphatic heterocycles. The standard InChI is InChI=1S/C23H19BrF5N3O5/c1-10(36-14-9-8-13(25)15(16(14)26)19(30)33)22(21(34)35,32(2)3)20-31-17(18(24)37-20)11-4-6-12(7-5-11)23(27,28)29/h4-10H,1-3H3,(H2,30,33)(H,34,35). The van der Waals surface area contributed by atoms with Crippen molar-refractivity contribution in [3.05, 3.63) is 69.7 Å². The summed E-state index contributed by atoms with van der Waals surface area (Å²) in [5.74, 6) is -6.74. The van der Waals surface area contributed by atoms with Crippen LogP contribution in [0.15, 0.2) is 45.5 Å². The van der Waals surface area contributed by atoms with Gasteiger partial charge in [0, 0.05) is 5.56 Å². The van der Waals surface area contributed by atoms with Crippen molar-refractivity contribution in [3.63, 3.8) is 0 Å². The van der Waals surface area contributed by atoms with E-state index < -0.39 is 64.1 Å². The van der Waals surface area contributed by atoms with Crippen LogP contribution >= 0.6 is 15.9 Å². The number of oxazole rings is 1. The van der Waals surface area contributed by atoms with Crippen LogP contribution in [0.4, 0.5) is 22.0 Å². The summed E-state index contributed by atoms with van der Waals surface area (Å²) in [6, 6.07) is 5.50. The number of halogens is 6. The number of hydrogen-bond donors (Lipinski definition) is 2. The first-order chi connectivity index (χ1) is 17.1. The Balaban J connectivity index is 2.10. The number of rotatable bonds is 8. The van der Waals surface area contributed by atoms with Crippen molar-refractivity contribution in [2.75, 3.05) is 14.1 Å². The van der Waals surface area contributed by atoms with Gasteiger partial charge >= 0.3 is 12.1 Å². The maximum atomic E-state index is 14.8. The van der Waals surface area contributed by atoms with E-state index >= 15 is 0 Å². The normalized spacial score (nSPS) is 14.3. The van der Waals surface area contributed by atoms with Crippen LogP contribution < -0.4 is 10.5 Å². The van der Waals surface area contributed by atoms with Crippen LogP contribution in [-0.2, 0) is 16.5 Å². The molecule has 2 unspecified atom stereocenters. The van der Waals surface area contributed by atoms with Crippen LogP contribution in [0.5, 0.6) is 5.75 Å². The highest BCUT2D eigenvalue weighted by Gasteiger charge is 2.54. The number of primary amides is 1. The minimum absolute atomic E-state index is 0.00706. The molecule has 0 saturated heterocycles. The van der Waals surface area contributed by atoms with Crippen molar-refractivity contribution in [3.8, 4) is 17.0 Å². The van der Waals surface area contributed by atoms with Gasteiger partial charge in [-0.05, 0) is 61.2 Å². The molecular formula is C23H19BrF5N3O5. The van der Waals surface area contributed by atoms with Crippen LogP contribution in [0.3, 0.4) is 0 Å². The molecule has 0 saturated carbocycles. The van der Waals surface area contributed by atoms with E-state index in [4.69, 9.17) is 14.9 Å². The van der Waals surface area contributed by atoms with Gasteiger partial charge in [0.1, 0.15) is 23.2 Å². The second kappa shape index (κ2) is 10.1. The predicted octanol–water partition coefficient (Wildman–Crippen LogP) is 4.81. The number of nitrogens with zero attached hydrogens (tertiary/aromatic N) is 2. The third-order valence-electron chi connectivity index (χ3n) is 5.62. The Morgan fingerprint density at radius 1 is 1.14 bits per heavy atom. The molecule has 0 fully saturated rings. The molecule has 3 N–H and O–H groups in total. The van der Waals surface area contributed by atoms with Gasteiger partial charge in [-0.3, -0.25) is 9.69 Å². The van der Waals surface area contributed by atoms with Crippen LogP contribution in [0.1, 0.15) is 28.7 Å². The highest BCUT2D eigenvalue weighted by atomic mass is 79.9. The molecule has 14 heteroatoms. The van der Waals surface area contributed by atoms with E-state index in [1.807, 2.05) is 0 Å². The lowest BCUT2D eigenvalue weighted by Crippen LogP contribution is -2.58. The zero-order chi connectivity index (χ0) is 27.9. The zero-order valence-corrected chi connectivity index (χ0v) is 20.9. The fraction of sp³-hybridized carbons (Fsp3) is 0.261. The van der Waals surface area contributed by atoms with Gasteiger partial charge in [-0.1, -0.05) is 12.1 Å². The van der Waals surface area contributed by atoms with E-state index in [1.54, 1.807) is 0 Å². The van der Waals surface area contributed by atoms with E-state index in [0.29, 0.717) is 0 Å². The van der Waals surface area contributed by atoms with Crippen molar-refractivity contribution in [2.24, 2.45) is 5.73 Å². The number of carboxylic acid groups (broad SMARTS) is 1. The van der Waals surface area contributed by atoms with Gasteiger partial charge in [-0.2, -0.15) is 13.2 Å². The molecule has 0 spiro atoms. The number of ether oxygens (including phenoxy) is 1. The number of carboxylic acids is 1. The molecule has 0 aliphatic carbocycles. The number of carbonyl (C=O) groups excluding carboxylic acids is 1. The lowest BCUT2D eigenvalue weighted by molar-refractivity contribution is -0.159. The Morgan fingerprint density at radius 3 is 2.22 bits per heavy atom. The summed E-state index contributed by atoms with van der Waals surface area (Å²) in [4.78, 5) is 29.5. The number of alkyl halides is 3. The first-order valence-electron chi connectivity index (χ1n) is 10.3. The third-order valence-corrected chi connectivity index (χ3v) is 6.16. The van der Waals surface area contributed by atoms with Gasteiger partial charge < -0.3 is 20.0 Å². The Labute approximate surface area is 215 Å². The highest BCUT2D eigenvalue weighted by molar-refractivity contribution is 9.10. The van der Waals surface area contributed by atoms with Crippen molar-refractivity contribution in [2.45, 2.75) is 24.7 Å². The summed E-state index contributed by atoms with van der Waals surface area (Å²) < 4.78 is 78.5. The zero-order valence-electron chi connectivity index (χ0n) is 19.4. The van der Waals surface area contributed by atoms with E-state index in [9.17, 15) is 36.6 Å². The van der Waals surface area contributed by atoms with Crippen molar-refractivity contribution in [1.82, 2.24) is 9.88 Å². The van der Waals surface area contributed by atoms with Crippen LogP contribution in [0.2, 0.25) is 0 Å². The van der Waals surface area contributed by atoms with Crippen LogP contribution in [-0.4, -0.2) is 47.1 Å². The Morgan fingerprint density at radius 2 is 1.73 bits per heavy atom. The molecule has 3 rings (SSSR count). The maximum Gasteiger partial charge on any atom is 0.416 e. The molecule has 1 heterocycles. The molecule has 0 aliphatic rings. The molecular weight excluding hydrogens is 573 g/mol. The van der Waals surface area contributed by atoms with Crippen LogP contribution in [0.25, 0.3) is 11.3 Å². The van der Waals surface area contributed by atoms with Crippen molar-refractivity contribution >= 4 is 27.8 Å². The van der Waals surface area contributed by atoms with Crippen molar-refractivity contribution < 1.29 is 45.8 Å². The quantitative estimate of drug-likeness (QED) is 0.361. The van der Waals surface area contributed by atoms with E-state index in [2.05, 4.69) is 20.9 Å². The maximum absolute atomic E-state index is 14.8. The van der Waals surface area contributed by atoms with E-state index in [1.165, 1.54) is 21.0 Å². The number of hydrogen-bond acceptors (Lipinski definition) is 6. The smallest absolute Gasteiger partial charge is 0.416 e. The minimum atomic E-state index is -4.56. The fourth-order valence-corrected chi connectivity index (χ4v) is 4.24. The Hall–Kier alpha value is -3.52. The average molecular weight is 592 g/mol. The molecule has 0 bridgehead atoms. The first kappa shape index (κ1) is 28.1. The molecule has 1 amide bonds. The van der Waals surface area contributed by atoms with E-state index in [0.717, 1.165) is 41.3 Å². The van der Waals surface area contributed by atoms with Gasteiger partial charge in [0.05, 0.1) is 5.56 Å². The number of benzene rings is 2. The second-order valence-electron chi connectivity index (χ2n) is 8.04. The second-order valence-corrected chi connectivity index (χ2v) is 8.76. The lowest BCUT2D eigenvalue weighted by atomic mass is 9.91. The molecule has 2 atom stereocenters. The molecule has 2 aromatic carbocycles. The van der Waals surface area contributed by atoms with Gasteiger partial charge in [-0.25, -0.2) is 18.6 Å². The first-order valence-corrected chi connectivity index (χ1v) is 11.1. The van der Waals surface area contributed by atoms with E-state index in [-0.39, 0.29) is 15.9 Å². The summed E-state index contributed by atoms with van der Waals surface area (Å²) >= 11 is 3.11. The number of likely N-dealkylation sites (N-methyl/N-ethyl adjacent to an activating group) is 1. The number of aromatic nitrogens is 1. The number of aliphatic carboxylic acids is 1. The van der Waals surface area contributed by atoms with Gasteiger partial charge in [-0.15, -0.1) is 0 Å². The SMILES string of the molecule is CC(Oc1ccc(F)c(C(N)=O)c1F)C(C(=O)O)(c1nc(-c2ccc(C(F)(F)F)cc2)c(Br)o1)N(C)C. The molecule has 37 heavy (non-hydrogen) atoms. The summed E-state index contributed by atoms with van der Waals surface area (Å²) in [6.45, 7) is 1.25. The highest BCUT2D eigenvalue weighted by Crippen LogP contribution is 2.39. The monoisotopic (exact) mass is 591 g/mol. The van der Waals surface area contributed by atoms with Gasteiger partial charge in [0.25, 0.3) is 5.91 Å². The number of nitrogens with two attached hydrogens (primary N) is 1. The van der Waals surface area contributed by atoms with Gasteiger partial charge in [0.15, 0.2) is 16.2 Å². The number of carbonyl (C=O) groups is 2. The summed E-state index contributed by atoms with van der Waals surface area (Å²) in [5.41, 5.74) is 0.991. The molecule has 198 valence electrons. The molecule has 1 aromatic heterocycles. The lowest BCUT2D eigenvalue weighted by Gasteiger charge is -2.37. The largest absolute Gasteiger partial charge is 0.484 e. The summed E-state index contributed by atoms with van der Waals surface area (Å²) in [5, 5.41) is 10.3. The van der Waals surface area contributed by atoms with Gasteiger partial charge in [0.2, 0.25) is 11.4 Å². The molecule has 3 aromatic rings. The Bertz CT molecular complexity index is 1340. The number of amides is 1. The molecule has 0 radical (unpaired) electrons. The molecule has 8 nitrogen and oxygen atoms in total. The third kappa shape index (κ3) is 5.03. The summed E-state index contributed by atoms with van der Waals surface area (Å²) in [7, 11) is 2.69. The van der Waals surface area contributed by atoms with Crippen LogP contribution in [0, 0.1) is 11.6 Å².